The Balaban J connectivity index is 1.56. The highest BCUT2D eigenvalue weighted by Crippen LogP contribution is 2.52. The molecule has 0 heterocycles. The third-order valence-electron chi connectivity index (χ3n) is 5.42. The first kappa shape index (κ1) is 26.5. The Kier molecular flexibility index (Phi) is 8.32. The van der Waals surface area contributed by atoms with E-state index in [2.05, 4.69) is 17.2 Å². The van der Waals surface area contributed by atoms with Crippen LogP contribution >= 0.6 is 6.64 Å². The number of hydrogen-bond acceptors (Lipinski definition) is 5. The average molecular weight is 531 g/mol. The second-order valence-corrected chi connectivity index (χ2v) is 12.3. The molecule has 7 heteroatoms. The predicted molar refractivity (Wildman–Crippen MR) is 156 cm³/mol. The molecule has 0 N–H and O–H groups in total. The van der Waals surface area contributed by atoms with Crippen LogP contribution in [0.2, 0.25) is 0 Å². The largest absolute Gasteiger partial charge is 0.457 e. The van der Waals surface area contributed by atoms with Crippen molar-refractivity contribution in [3.05, 3.63) is 119 Å². The van der Waals surface area contributed by atoms with Gasteiger partial charge in [-0.2, -0.15) is 5.10 Å². The molecule has 0 unspecified atom stereocenters. The summed E-state index contributed by atoms with van der Waals surface area (Å²) in [6.07, 6.45) is 1.74. The number of rotatable bonds is 9. The third-order valence-corrected chi connectivity index (χ3v) is 8.27. The maximum absolute atomic E-state index is 6.38. The van der Waals surface area contributed by atoms with Gasteiger partial charge >= 0.3 is 6.64 Å². The Labute approximate surface area is 224 Å². The number of para-hydroxylation sites is 1. The summed E-state index contributed by atoms with van der Waals surface area (Å²) in [6, 6.07) is 29.4. The molecule has 0 fully saturated rings. The van der Waals surface area contributed by atoms with E-state index in [-0.39, 0.29) is 0 Å². The highest BCUT2D eigenvalue weighted by molar-refractivity contribution is 8.09. The first-order valence-corrected chi connectivity index (χ1v) is 14.5. The normalized spacial score (nSPS) is 11.4. The fraction of sp³-hybridized carbons (Fsp3) is 0.167. The van der Waals surface area contributed by atoms with Crippen molar-refractivity contribution in [2.75, 3.05) is 7.05 Å². The molecular weight excluding hydrogens is 499 g/mol. The topological polar surface area (TPSA) is 43.3 Å². The minimum Gasteiger partial charge on any atom is -0.457 e. The standard InChI is InChI=1S/C30H31N2O3PS/c1-22-15-23(2)18-29(17-22)34-36(37,35-30-19-24(3)16-25(4)20-30)32(5)31-21-26-11-13-28(14-12-26)33-27-9-7-6-8-10-27/h6-21H,1-5H3/b31-21+. The lowest BCUT2D eigenvalue weighted by atomic mass is 10.1. The molecule has 0 atom stereocenters. The number of ether oxygens (including phenoxy) is 1. The van der Waals surface area contributed by atoms with E-state index in [1.54, 1.807) is 18.0 Å². The van der Waals surface area contributed by atoms with Crippen LogP contribution in [0.3, 0.4) is 0 Å². The lowest BCUT2D eigenvalue weighted by Crippen LogP contribution is -2.17. The van der Waals surface area contributed by atoms with Gasteiger partial charge in [0.2, 0.25) is 0 Å². The zero-order valence-electron chi connectivity index (χ0n) is 21.7. The van der Waals surface area contributed by atoms with E-state index in [1.165, 1.54) is 0 Å². The Bertz CT molecular complexity index is 1340. The predicted octanol–water partition coefficient (Wildman–Crippen LogP) is 8.36. The van der Waals surface area contributed by atoms with Crippen molar-refractivity contribution >= 4 is 24.7 Å². The van der Waals surface area contributed by atoms with Crippen molar-refractivity contribution in [3.63, 3.8) is 0 Å². The number of benzene rings is 4. The summed E-state index contributed by atoms with van der Waals surface area (Å²) in [7, 11) is 1.79. The van der Waals surface area contributed by atoms with Gasteiger partial charge in [0.25, 0.3) is 0 Å². The molecule has 0 aliphatic carbocycles. The van der Waals surface area contributed by atoms with Crippen LogP contribution in [0.4, 0.5) is 0 Å². The van der Waals surface area contributed by atoms with Crippen molar-refractivity contribution in [1.82, 2.24) is 4.78 Å². The molecule has 0 spiro atoms. The van der Waals surface area contributed by atoms with E-state index < -0.39 is 6.64 Å². The molecule has 190 valence electrons. The molecule has 0 radical (unpaired) electrons. The fourth-order valence-electron chi connectivity index (χ4n) is 3.83. The highest BCUT2D eigenvalue weighted by Gasteiger charge is 2.29. The Morgan fingerprint density at radius 3 is 1.59 bits per heavy atom. The molecule has 0 saturated carbocycles. The van der Waals surface area contributed by atoms with Gasteiger partial charge in [0.05, 0.1) is 6.21 Å². The van der Waals surface area contributed by atoms with Gasteiger partial charge in [-0.15, -0.1) is 0 Å². The molecule has 4 rings (SSSR count). The van der Waals surface area contributed by atoms with Crippen LogP contribution in [-0.4, -0.2) is 18.0 Å². The van der Waals surface area contributed by atoms with Crippen LogP contribution < -0.4 is 13.8 Å². The van der Waals surface area contributed by atoms with Crippen LogP contribution in [0.25, 0.3) is 0 Å². The molecule has 0 aromatic heterocycles. The van der Waals surface area contributed by atoms with Gasteiger partial charge in [-0.1, -0.05) is 30.3 Å². The number of hydrogen-bond donors (Lipinski definition) is 0. The fourth-order valence-corrected chi connectivity index (χ4v) is 5.67. The molecule has 37 heavy (non-hydrogen) atoms. The number of hydrazone groups is 1. The SMILES string of the molecule is Cc1cc(C)cc(OP(=S)(Oc2cc(C)cc(C)c2)N(C)/N=C/c2ccc(Oc3ccccc3)cc2)c1. The van der Waals surface area contributed by atoms with E-state index in [4.69, 9.17) is 25.6 Å². The Morgan fingerprint density at radius 2 is 1.11 bits per heavy atom. The minimum absolute atomic E-state index is 0.662. The summed E-state index contributed by atoms with van der Waals surface area (Å²) >= 11 is 6.03. The summed E-state index contributed by atoms with van der Waals surface area (Å²) in [5.41, 5.74) is 5.25. The van der Waals surface area contributed by atoms with E-state index in [9.17, 15) is 0 Å². The maximum Gasteiger partial charge on any atom is 0.410 e. The van der Waals surface area contributed by atoms with Crippen LogP contribution in [0, 0.1) is 27.7 Å². The van der Waals surface area contributed by atoms with E-state index in [0.29, 0.717) is 11.5 Å². The number of nitrogens with zero attached hydrogens (tertiary/aromatic N) is 2. The van der Waals surface area contributed by atoms with E-state index in [1.807, 2.05) is 107 Å². The highest BCUT2D eigenvalue weighted by atomic mass is 32.5. The molecule has 4 aromatic rings. The summed E-state index contributed by atoms with van der Waals surface area (Å²) in [5.74, 6) is 2.86. The molecular formula is C30H31N2O3PS. The zero-order valence-corrected chi connectivity index (χ0v) is 23.4. The monoisotopic (exact) mass is 530 g/mol. The van der Waals surface area contributed by atoms with Gasteiger partial charge in [-0.3, -0.25) is 0 Å². The smallest absolute Gasteiger partial charge is 0.410 e. The maximum atomic E-state index is 6.38. The minimum atomic E-state index is -3.08. The van der Waals surface area contributed by atoms with Crippen LogP contribution in [0.15, 0.2) is 96.1 Å². The summed E-state index contributed by atoms with van der Waals surface area (Å²) in [5, 5.41) is 4.62. The van der Waals surface area contributed by atoms with Crippen LogP contribution in [0.5, 0.6) is 23.0 Å². The molecule has 0 bridgehead atoms. The first-order valence-electron chi connectivity index (χ1n) is 12.0. The summed E-state index contributed by atoms with van der Waals surface area (Å²) in [4.78, 5) is 0. The van der Waals surface area contributed by atoms with Gasteiger partial charge in [0.15, 0.2) is 0 Å². The second kappa shape index (κ2) is 11.6. The lowest BCUT2D eigenvalue weighted by Gasteiger charge is -2.29. The van der Waals surface area contributed by atoms with Crippen molar-refractivity contribution in [3.8, 4) is 23.0 Å². The van der Waals surface area contributed by atoms with Gasteiger partial charge < -0.3 is 13.8 Å². The van der Waals surface area contributed by atoms with Crippen molar-refractivity contribution in [1.29, 1.82) is 0 Å². The van der Waals surface area contributed by atoms with Crippen LogP contribution in [-0.2, 0) is 11.8 Å². The lowest BCUT2D eigenvalue weighted by molar-refractivity contribution is 0.395. The van der Waals surface area contributed by atoms with Crippen molar-refractivity contribution in [2.45, 2.75) is 27.7 Å². The van der Waals surface area contributed by atoms with E-state index in [0.717, 1.165) is 39.3 Å². The quantitative estimate of drug-likeness (QED) is 0.124. The van der Waals surface area contributed by atoms with Gasteiger partial charge in [-0.05, 0) is 116 Å². The van der Waals surface area contributed by atoms with Gasteiger partial charge in [0, 0.05) is 18.9 Å². The third kappa shape index (κ3) is 7.45. The molecule has 0 saturated heterocycles. The molecule has 0 aliphatic rings. The van der Waals surface area contributed by atoms with Gasteiger partial charge in [0.1, 0.15) is 23.0 Å². The molecule has 0 amide bonds. The summed E-state index contributed by atoms with van der Waals surface area (Å²) < 4.78 is 20.3. The summed E-state index contributed by atoms with van der Waals surface area (Å²) in [6.45, 7) is 5.03. The molecule has 0 aliphatic heterocycles. The first-order chi connectivity index (χ1) is 17.7. The van der Waals surface area contributed by atoms with Crippen molar-refractivity contribution < 1.29 is 13.8 Å². The molecule has 5 nitrogen and oxygen atoms in total. The Morgan fingerprint density at radius 1 is 0.649 bits per heavy atom. The average Bonchev–Trinajstić information content (AvgIpc) is 2.82. The number of aryl methyl sites for hydroxylation is 4. The van der Waals surface area contributed by atoms with Crippen molar-refractivity contribution in [2.24, 2.45) is 5.10 Å². The van der Waals surface area contributed by atoms with E-state index >= 15 is 0 Å². The Hall–Kier alpha value is -3.60. The van der Waals surface area contributed by atoms with Crippen LogP contribution in [0.1, 0.15) is 27.8 Å². The zero-order chi connectivity index (χ0) is 26.4. The second-order valence-electron chi connectivity index (χ2n) is 9.02. The molecule has 4 aromatic carbocycles. The van der Waals surface area contributed by atoms with Gasteiger partial charge in [-0.25, -0.2) is 4.78 Å².